The molecule has 0 aliphatic heterocycles. The van der Waals surface area contributed by atoms with E-state index in [2.05, 4.69) is 30.4 Å². The van der Waals surface area contributed by atoms with Crippen LogP contribution in [0, 0.1) is 0 Å². The predicted molar refractivity (Wildman–Crippen MR) is 61.8 cm³/mol. The lowest BCUT2D eigenvalue weighted by molar-refractivity contribution is 0.294. The molecule has 3 heteroatoms. The molecule has 0 aliphatic rings. The van der Waals surface area contributed by atoms with Crippen molar-refractivity contribution in [3.8, 4) is 0 Å². The molecule has 1 aromatic rings. The molecule has 1 aromatic carbocycles. The highest BCUT2D eigenvalue weighted by molar-refractivity contribution is 6.30. The van der Waals surface area contributed by atoms with E-state index in [1.54, 1.807) is 0 Å². The molecule has 0 amide bonds. The van der Waals surface area contributed by atoms with E-state index < -0.39 is 0 Å². The standard InChI is InChI=1S/C11H17ClN2/c1-13-8-11(14(2)3)9-5-4-6-10(12)7-9/h4-7,11,13H,8H2,1-3H3. The third kappa shape index (κ3) is 2.98. The molecule has 1 N–H and O–H groups in total. The predicted octanol–water partition coefficient (Wildman–Crippen LogP) is 2.16. The first-order valence-corrected chi connectivity index (χ1v) is 5.09. The van der Waals surface area contributed by atoms with Crippen LogP contribution in [0.25, 0.3) is 0 Å². The monoisotopic (exact) mass is 212 g/mol. The van der Waals surface area contributed by atoms with Crippen LogP contribution >= 0.6 is 11.6 Å². The summed E-state index contributed by atoms with van der Waals surface area (Å²) in [7, 11) is 6.10. The maximum Gasteiger partial charge on any atom is 0.0467 e. The van der Waals surface area contributed by atoms with Gasteiger partial charge in [-0.1, -0.05) is 23.7 Å². The Balaban J connectivity index is 2.87. The average molecular weight is 213 g/mol. The number of likely N-dealkylation sites (N-methyl/N-ethyl adjacent to an activating group) is 2. The molecule has 0 aromatic heterocycles. The average Bonchev–Trinajstić information content (AvgIpc) is 2.13. The van der Waals surface area contributed by atoms with E-state index in [0.29, 0.717) is 6.04 Å². The van der Waals surface area contributed by atoms with E-state index in [1.165, 1.54) is 5.56 Å². The Bertz CT molecular complexity index is 286. The Morgan fingerprint density at radius 3 is 2.64 bits per heavy atom. The van der Waals surface area contributed by atoms with Crippen molar-refractivity contribution < 1.29 is 0 Å². The van der Waals surface area contributed by atoms with E-state index >= 15 is 0 Å². The number of hydrogen-bond acceptors (Lipinski definition) is 2. The van der Waals surface area contributed by atoms with Gasteiger partial charge in [-0.3, -0.25) is 0 Å². The summed E-state index contributed by atoms with van der Waals surface area (Å²) in [6.45, 7) is 0.924. The quantitative estimate of drug-likeness (QED) is 0.823. The molecule has 14 heavy (non-hydrogen) atoms. The largest absolute Gasteiger partial charge is 0.318 e. The van der Waals surface area contributed by atoms with Crippen molar-refractivity contribution >= 4 is 11.6 Å². The number of rotatable bonds is 4. The van der Waals surface area contributed by atoms with Crippen LogP contribution in [0.1, 0.15) is 11.6 Å². The summed E-state index contributed by atoms with van der Waals surface area (Å²) in [5.41, 5.74) is 1.25. The highest BCUT2D eigenvalue weighted by atomic mass is 35.5. The summed E-state index contributed by atoms with van der Waals surface area (Å²) in [5.74, 6) is 0. The summed E-state index contributed by atoms with van der Waals surface area (Å²) in [4.78, 5) is 2.18. The number of halogens is 1. The van der Waals surface area contributed by atoms with Crippen molar-refractivity contribution in [3.63, 3.8) is 0 Å². The Morgan fingerprint density at radius 2 is 2.14 bits per heavy atom. The van der Waals surface area contributed by atoms with Gasteiger partial charge in [0.2, 0.25) is 0 Å². The Kier molecular flexibility index (Phi) is 4.39. The van der Waals surface area contributed by atoms with Gasteiger partial charge in [-0.15, -0.1) is 0 Å². The minimum absolute atomic E-state index is 0.374. The molecule has 0 bridgehead atoms. The minimum atomic E-state index is 0.374. The van der Waals surface area contributed by atoms with Crippen molar-refractivity contribution in [3.05, 3.63) is 34.9 Å². The van der Waals surface area contributed by atoms with Gasteiger partial charge in [0, 0.05) is 17.6 Å². The van der Waals surface area contributed by atoms with E-state index in [-0.39, 0.29) is 0 Å². The van der Waals surface area contributed by atoms with Gasteiger partial charge >= 0.3 is 0 Å². The molecular weight excluding hydrogens is 196 g/mol. The minimum Gasteiger partial charge on any atom is -0.318 e. The van der Waals surface area contributed by atoms with Gasteiger partial charge in [-0.25, -0.2) is 0 Å². The summed E-state index contributed by atoms with van der Waals surface area (Å²) >= 11 is 5.95. The lowest BCUT2D eigenvalue weighted by Crippen LogP contribution is -2.29. The molecule has 1 unspecified atom stereocenters. The molecule has 0 saturated carbocycles. The van der Waals surface area contributed by atoms with Crippen LogP contribution in [0.15, 0.2) is 24.3 Å². The fraction of sp³-hybridized carbons (Fsp3) is 0.455. The smallest absolute Gasteiger partial charge is 0.0467 e. The van der Waals surface area contributed by atoms with E-state index in [9.17, 15) is 0 Å². The van der Waals surface area contributed by atoms with Gasteiger partial charge in [0.15, 0.2) is 0 Å². The third-order valence-electron chi connectivity index (χ3n) is 2.25. The maximum atomic E-state index is 5.95. The van der Waals surface area contributed by atoms with Crippen molar-refractivity contribution in [1.29, 1.82) is 0 Å². The molecule has 78 valence electrons. The molecule has 0 radical (unpaired) electrons. The van der Waals surface area contributed by atoms with Crippen molar-refractivity contribution in [2.45, 2.75) is 6.04 Å². The normalized spacial score (nSPS) is 13.2. The molecule has 0 heterocycles. The van der Waals surface area contributed by atoms with Crippen molar-refractivity contribution in [1.82, 2.24) is 10.2 Å². The highest BCUT2D eigenvalue weighted by Crippen LogP contribution is 2.20. The second kappa shape index (κ2) is 5.35. The first-order valence-electron chi connectivity index (χ1n) is 4.71. The molecule has 0 saturated heterocycles. The SMILES string of the molecule is CNCC(c1cccc(Cl)c1)N(C)C. The summed E-state index contributed by atoms with van der Waals surface area (Å²) in [5, 5.41) is 3.98. The van der Waals surface area contributed by atoms with Gasteiger partial charge in [-0.05, 0) is 38.8 Å². The number of nitrogens with one attached hydrogen (secondary N) is 1. The van der Waals surface area contributed by atoms with Gasteiger partial charge in [0.1, 0.15) is 0 Å². The molecule has 0 fully saturated rings. The lowest BCUT2D eigenvalue weighted by atomic mass is 10.1. The first kappa shape index (κ1) is 11.5. The molecule has 0 aliphatic carbocycles. The molecule has 0 spiro atoms. The fourth-order valence-electron chi connectivity index (χ4n) is 1.51. The molecule has 1 atom stereocenters. The zero-order valence-corrected chi connectivity index (χ0v) is 9.67. The van der Waals surface area contributed by atoms with Gasteiger partial charge in [0.05, 0.1) is 0 Å². The summed E-state index contributed by atoms with van der Waals surface area (Å²) < 4.78 is 0. The topological polar surface area (TPSA) is 15.3 Å². The van der Waals surface area contributed by atoms with Crippen LogP contribution in [-0.2, 0) is 0 Å². The second-order valence-electron chi connectivity index (χ2n) is 3.59. The van der Waals surface area contributed by atoms with Crippen LogP contribution in [-0.4, -0.2) is 32.6 Å². The van der Waals surface area contributed by atoms with E-state index in [0.717, 1.165) is 11.6 Å². The van der Waals surface area contributed by atoms with E-state index in [1.807, 2.05) is 25.2 Å². The van der Waals surface area contributed by atoms with Crippen LogP contribution in [0.3, 0.4) is 0 Å². The van der Waals surface area contributed by atoms with Gasteiger partial charge in [-0.2, -0.15) is 0 Å². The van der Waals surface area contributed by atoms with Crippen LogP contribution in [0.4, 0.5) is 0 Å². The van der Waals surface area contributed by atoms with E-state index in [4.69, 9.17) is 11.6 Å². The van der Waals surface area contributed by atoms with Crippen molar-refractivity contribution in [2.24, 2.45) is 0 Å². The van der Waals surface area contributed by atoms with Gasteiger partial charge in [0.25, 0.3) is 0 Å². The highest BCUT2D eigenvalue weighted by Gasteiger charge is 2.12. The maximum absolute atomic E-state index is 5.95. The zero-order chi connectivity index (χ0) is 10.6. The third-order valence-corrected chi connectivity index (χ3v) is 2.49. The number of hydrogen-bond donors (Lipinski definition) is 1. The van der Waals surface area contributed by atoms with Gasteiger partial charge < -0.3 is 10.2 Å². The summed E-state index contributed by atoms with van der Waals surface area (Å²) in [6, 6.07) is 8.39. The fourth-order valence-corrected chi connectivity index (χ4v) is 1.70. The number of benzene rings is 1. The van der Waals surface area contributed by atoms with Crippen LogP contribution < -0.4 is 5.32 Å². The first-order chi connectivity index (χ1) is 6.65. The Morgan fingerprint density at radius 1 is 1.43 bits per heavy atom. The molecule has 1 rings (SSSR count). The molecular formula is C11H17ClN2. The Hall–Kier alpha value is -0.570. The second-order valence-corrected chi connectivity index (χ2v) is 4.03. The summed E-state index contributed by atoms with van der Waals surface area (Å²) in [6.07, 6.45) is 0. The van der Waals surface area contributed by atoms with Crippen LogP contribution in [0.5, 0.6) is 0 Å². The lowest BCUT2D eigenvalue weighted by Gasteiger charge is -2.24. The Labute approximate surface area is 90.9 Å². The van der Waals surface area contributed by atoms with Crippen molar-refractivity contribution in [2.75, 3.05) is 27.7 Å². The molecule has 2 nitrogen and oxygen atoms in total. The van der Waals surface area contributed by atoms with Crippen LogP contribution in [0.2, 0.25) is 5.02 Å². The number of nitrogens with zero attached hydrogens (tertiary/aromatic N) is 1. The zero-order valence-electron chi connectivity index (χ0n) is 8.92.